The molecule has 0 bridgehead atoms. The maximum atomic E-state index is 11.9. The Kier molecular flexibility index (Phi) is 6.06. The van der Waals surface area contributed by atoms with Crippen LogP contribution in [-0.2, 0) is 6.54 Å². The molecular formula is C18H29N3O4. The highest BCUT2D eigenvalue weighted by molar-refractivity contribution is 5.35. The lowest BCUT2D eigenvalue weighted by molar-refractivity contribution is -0.393. The summed E-state index contributed by atoms with van der Waals surface area (Å²) < 4.78 is 1.60. The Bertz CT molecular complexity index is 589. The first-order chi connectivity index (χ1) is 12.1. The summed E-state index contributed by atoms with van der Waals surface area (Å²) >= 11 is 0. The second-order valence-corrected chi connectivity index (χ2v) is 7.55. The minimum absolute atomic E-state index is 0.0400. The summed E-state index contributed by atoms with van der Waals surface area (Å²) in [5.74, 6) is 1.15. The first kappa shape index (κ1) is 18.3. The molecule has 3 rings (SSSR count). The molecule has 0 spiro atoms. The summed E-state index contributed by atoms with van der Waals surface area (Å²) in [5.41, 5.74) is 0.607. The van der Waals surface area contributed by atoms with Gasteiger partial charge in [-0.3, -0.25) is 0 Å². The van der Waals surface area contributed by atoms with Gasteiger partial charge in [-0.25, -0.2) is 9.55 Å². The van der Waals surface area contributed by atoms with Gasteiger partial charge in [0.1, 0.15) is 18.3 Å². The van der Waals surface area contributed by atoms with E-state index in [0.29, 0.717) is 5.69 Å². The molecule has 2 N–H and O–H groups in total. The van der Waals surface area contributed by atoms with Crippen LogP contribution in [-0.4, -0.2) is 37.4 Å². The zero-order valence-electron chi connectivity index (χ0n) is 14.8. The first-order valence-electron chi connectivity index (χ1n) is 9.65. The van der Waals surface area contributed by atoms with E-state index in [4.69, 9.17) is 4.98 Å². The molecule has 25 heavy (non-hydrogen) atoms. The van der Waals surface area contributed by atoms with E-state index in [1.54, 1.807) is 4.57 Å². The van der Waals surface area contributed by atoms with Crippen molar-refractivity contribution < 1.29 is 15.1 Å². The van der Waals surface area contributed by atoms with Crippen molar-refractivity contribution in [3.8, 4) is 0 Å². The molecule has 2 aliphatic rings. The fourth-order valence-electron chi connectivity index (χ4n) is 4.44. The van der Waals surface area contributed by atoms with Crippen molar-refractivity contribution in [3.05, 3.63) is 21.6 Å². The number of aromatic nitrogens is 2. The monoisotopic (exact) mass is 351 g/mol. The van der Waals surface area contributed by atoms with Crippen LogP contribution >= 0.6 is 0 Å². The van der Waals surface area contributed by atoms with E-state index >= 15 is 0 Å². The molecule has 2 saturated carbocycles. The molecule has 0 aliphatic heterocycles. The lowest BCUT2D eigenvalue weighted by Gasteiger charge is -2.20. The minimum atomic E-state index is -1.01. The van der Waals surface area contributed by atoms with Crippen molar-refractivity contribution in [2.24, 2.45) is 0 Å². The Morgan fingerprint density at radius 1 is 1.08 bits per heavy atom. The fraction of sp³-hybridized carbons (Fsp3) is 0.833. The predicted octanol–water partition coefficient (Wildman–Crippen LogP) is 3.24. The van der Waals surface area contributed by atoms with Crippen LogP contribution in [0.3, 0.4) is 0 Å². The Hall–Kier alpha value is -1.47. The van der Waals surface area contributed by atoms with Crippen molar-refractivity contribution in [1.82, 2.24) is 9.55 Å². The SMILES string of the molecule is O=[N+]([O-])c1c(C2CCCCC2)nc(C2CCCCC2)n1CC(O)CO. The molecule has 7 nitrogen and oxygen atoms in total. The van der Waals surface area contributed by atoms with E-state index in [-0.39, 0.29) is 29.1 Å². The van der Waals surface area contributed by atoms with Crippen LogP contribution in [0.4, 0.5) is 5.82 Å². The Morgan fingerprint density at radius 3 is 2.16 bits per heavy atom. The standard InChI is InChI=1S/C18H29N3O4/c22-12-15(23)11-20-17(14-9-5-2-6-10-14)19-16(18(20)21(24)25)13-7-3-1-4-8-13/h13-15,22-23H,1-12H2. The van der Waals surface area contributed by atoms with E-state index in [9.17, 15) is 20.3 Å². The van der Waals surface area contributed by atoms with Crippen LogP contribution in [0.25, 0.3) is 0 Å². The Labute approximate surface area is 148 Å². The summed E-state index contributed by atoms with van der Waals surface area (Å²) in [6, 6.07) is 0. The van der Waals surface area contributed by atoms with Gasteiger partial charge < -0.3 is 20.3 Å². The summed E-state index contributed by atoms with van der Waals surface area (Å²) in [4.78, 5) is 16.3. The van der Waals surface area contributed by atoms with Gasteiger partial charge >= 0.3 is 5.82 Å². The number of hydrogen-bond donors (Lipinski definition) is 2. The van der Waals surface area contributed by atoms with Gasteiger partial charge in [0.05, 0.1) is 6.61 Å². The highest BCUT2D eigenvalue weighted by Gasteiger charge is 2.36. The molecule has 0 amide bonds. The van der Waals surface area contributed by atoms with Gasteiger partial charge in [0.2, 0.25) is 0 Å². The molecule has 1 unspecified atom stereocenters. The quantitative estimate of drug-likeness (QED) is 0.605. The topological polar surface area (TPSA) is 101 Å². The number of nitro groups is 1. The van der Waals surface area contributed by atoms with Gasteiger partial charge in [0.15, 0.2) is 5.82 Å². The lowest BCUT2D eigenvalue weighted by Crippen LogP contribution is -2.23. The molecule has 2 fully saturated rings. The van der Waals surface area contributed by atoms with Crippen LogP contribution < -0.4 is 0 Å². The largest absolute Gasteiger partial charge is 0.394 e. The highest BCUT2D eigenvalue weighted by Crippen LogP contribution is 2.41. The zero-order chi connectivity index (χ0) is 17.8. The molecule has 7 heteroatoms. The molecule has 0 radical (unpaired) electrons. The molecular weight excluding hydrogens is 322 g/mol. The molecule has 0 saturated heterocycles. The van der Waals surface area contributed by atoms with Gasteiger partial charge in [0.25, 0.3) is 0 Å². The molecule has 140 valence electrons. The molecule has 1 heterocycles. The van der Waals surface area contributed by atoms with Crippen molar-refractivity contribution >= 4 is 5.82 Å². The van der Waals surface area contributed by atoms with E-state index in [1.807, 2.05) is 0 Å². The average molecular weight is 351 g/mol. The number of aliphatic hydroxyl groups is 2. The molecule has 1 aromatic heterocycles. The summed E-state index contributed by atoms with van der Waals surface area (Å²) in [7, 11) is 0. The van der Waals surface area contributed by atoms with Crippen LogP contribution in [0.1, 0.15) is 87.6 Å². The number of rotatable bonds is 6. The Morgan fingerprint density at radius 2 is 1.64 bits per heavy atom. The predicted molar refractivity (Wildman–Crippen MR) is 93.6 cm³/mol. The lowest BCUT2D eigenvalue weighted by atomic mass is 9.87. The number of hydrogen-bond acceptors (Lipinski definition) is 5. The number of nitrogens with zero attached hydrogens (tertiary/aromatic N) is 3. The van der Waals surface area contributed by atoms with Gasteiger partial charge in [-0.05, 0) is 30.6 Å². The highest BCUT2D eigenvalue weighted by atomic mass is 16.6. The van der Waals surface area contributed by atoms with Crippen molar-refractivity contribution in [2.45, 2.75) is 88.7 Å². The van der Waals surface area contributed by atoms with E-state index in [1.165, 1.54) is 12.8 Å². The van der Waals surface area contributed by atoms with Crippen LogP contribution in [0.15, 0.2) is 0 Å². The second-order valence-electron chi connectivity index (χ2n) is 7.55. The van der Waals surface area contributed by atoms with Crippen molar-refractivity contribution in [2.75, 3.05) is 6.61 Å². The average Bonchev–Trinajstić information content (AvgIpc) is 3.02. The summed E-state index contributed by atoms with van der Waals surface area (Å²) in [6.45, 7) is -0.365. The fourth-order valence-corrected chi connectivity index (χ4v) is 4.44. The Balaban J connectivity index is 2.02. The van der Waals surface area contributed by atoms with E-state index < -0.39 is 12.7 Å². The smallest absolute Gasteiger partial charge is 0.346 e. The zero-order valence-corrected chi connectivity index (χ0v) is 14.8. The summed E-state index contributed by atoms with van der Waals surface area (Å²) in [5, 5.41) is 31.0. The second kappa shape index (κ2) is 8.27. The third-order valence-electron chi connectivity index (χ3n) is 5.74. The van der Waals surface area contributed by atoms with Gasteiger partial charge in [-0.1, -0.05) is 38.5 Å². The third-order valence-corrected chi connectivity index (χ3v) is 5.74. The third kappa shape index (κ3) is 4.03. The van der Waals surface area contributed by atoms with E-state index in [2.05, 4.69) is 0 Å². The van der Waals surface area contributed by atoms with Crippen molar-refractivity contribution in [3.63, 3.8) is 0 Å². The number of aliphatic hydroxyl groups excluding tert-OH is 2. The van der Waals surface area contributed by atoms with Gasteiger partial charge in [-0.15, -0.1) is 0 Å². The van der Waals surface area contributed by atoms with Crippen LogP contribution in [0, 0.1) is 10.1 Å². The van der Waals surface area contributed by atoms with Crippen molar-refractivity contribution in [1.29, 1.82) is 0 Å². The molecule has 2 aliphatic carbocycles. The number of imidazole rings is 1. The maximum absolute atomic E-state index is 11.9. The molecule has 1 atom stereocenters. The van der Waals surface area contributed by atoms with E-state index in [0.717, 1.165) is 57.2 Å². The maximum Gasteiger partial charge on any atom is 0.346 e. The minimum Gasteiger partial charge on any atom is -0.394 e. The summed E-state index contributed by atoms with van der Waals surface area (Å²) in [6.07, 6.45) is 9.68. The first-order valence-corrected chi connectivity index (χ1v) is 9.65. The normalized spacial score (nSPS) is 21.4. The molecule has 1 aromatic rings. The van der Waals surface area contributed by atoms with Crippen LogP contribution in [0.5, 0.6) is 0 Å². The van der Waals surface area contributed by atoms with Gasteiger partial charge in [-0.2, -0.15) is 0 Å². The van der Waals surface area contributed by atoms with Gasteiger partial charge in [0, 0.05) is 11.8 Å². The molecule has 0 aromatic carbocycles. The van der Waals surface area contributed by atoms with Crippen LogP contribution in [0.2, 0.25) is 0 Å².